The molecule has 0 amide bonds. The molecule has 0 heterocycles. The van der Waals surface area contributed by atoms with E-state index in [1.54, 1.807) is 44.3 Å². The number of nitrogens with zero attached hydrogens (tertiary/aromatic N) is 1. The fraction of sp³-hybridized carbons (Fsp3) is 0.278. The van der Waals surface area contributed by atoms with Crippen LogP contribution in [0.1, 0.15) is 16.7 Å². The summed E-state index contributed by atoms with van der Waals surface area (Å²) in [6, 6.07) is 11.4. The van der Waals surface area contributed by atoms with Crippen molar-refractivity contribution in [3.8, 4) is 5.75 Å². The first-order chi connectivity index (χ1) is 12.0. The maximum Gasteiger partial charge on any atom is 0.387 e. The molecule has 2 aromatic rings. The summed E-state index contributed by atoms with van der Waals surface area (Å²) in [6.45, 7) is -0.451. The van der Waals surface area contributed by atoms with Gasteiger partial charge < -0.3 is 15.4 Å². The van der Waals surface area contributed by atoms with E-state index in [2.05, 4.69) is 20.4 Å². The summed E-state index contributed by atoms with van der Waals surface area (Å²) in [4.78, 5) is 4.08. The summed E-state index contributed by atoms with van der Waals surface area (Å²) in [5.74, 6) is 0.366. The fourth-order valence-corrected chi connectivity index (χ4v) is 2.26. The summed E-state index contributed by atoms with van der Waals surface area (Å²) >= 11 is 0. The van der Waals surface area contributed by atoms with Gasteiger partial charge in [-0.05, 0) is 30.2 Å². The number of aryl methyl sites for hydroxylation is 1. The molecular formula is C18H21F3IN3O. The molecule has 0 aromatic heterocycles. The fourth-order valence-electron chi connectivity index (χ4n) is 2.26. The number of rotatable bonds is 6. The third kappa shape index (κ3) is 6.74. The van der Waals surface area contributed by atoms with Gasteiger partial charge in [0.1, 0.15) is 11.6 Å². The minimum absolute atomic E-state index is 0. The van der Waals surface area contributed by atoms with Crippen LogP contribution in [0.5, 0.6) is 5.75 Å². The van der Waals surface area contributed by atoms with Crippen LogP contribution in [0, 0.1) is 12.7 Å². The molecule has 0 radical (unpaired) electrons. The van der Waals surface area contributed by atoms with Crippen molar-refractivity contribution in [1.29, 1.82) is 0 Å². The minimum atomic E-state index is -2.87. The lowest BCUT2D eigenvalue weighted by Gasteiger charge is -2.14. The first kappa shape index (κ1) is 22.1. The Labute approximate surface area is 167 Å². The van der Waals surface area contributed by atoms with Crippen molar-refractivity contribution in [3.63, 3.8) is 0 Å². The largest absolute Gasteiger partial charge is 0.434 e. The number of nitrogens with one attached hydrogen (secondary N) is 2. The molecule has 0 aliphatic carbocycles. The van der Waals surface area contributed by atoms with Gasteiger partial charge in [-0.2, -0.15) is 8.78 Å². The second-order valence-corrected chi connectivity index (χ2v) is 5.35. The summed E-state index contributed by atoms with van der Waals surface area (Å²) in [7, 11) is 1.60. The van der Waals surface area contributed by atoms with Crippen molar-refractivity contribution in [2.45, 2.75) is 26.6 Å². The third-order valence-corrected chi connectivity index (χ3v) is 3.54. The number of alkyl halides is 2. The predicted molar refractivity (Wildman–Crippen MR) is 107 cm³/mol. The monoisotopic (exact) mass is 479 g/mol. The highest BCUT2D eigenvalue weighted by Crippen LogP contribution is 2.19. The summed E-state index contributed by atoms with van der Waals surface area (Å²) < 4.78 is 42.6. The number of benzene rings is 2. The molecule has 0 fully saturated rings. The van der Waals surface area contributed by atoms with E-state index < -0.39 is 6.61 Å². The Morgan fingerprint density at radius 2 is 1.81 bits per heavy atom. The van der Waals surface area contributed by atoms with Crippen LogP contribution in [0.25, 0.3) is 0 Å². The third-order valence-electron chi connectivity index (χ3n) is 3.54. The zero-order chi connectivity index (χ0) is 18.2. The Bertz CT molecular complexity index is 741. The highest BCUT2D eigenvalue weighted by Gasteiger charge is 2.09. The molecule has 2 rings (SSSR count). The van der Waals surface area contributed by atoms with Gasteiger partial charge >= 0.3 is 6.61 Å². The number of para-hydroxylation sites is 1. The van der Waals surface area contributed by atoms with Crippen LogP contribution in [0.3, 0.4) is 0 Å². The molecule has 2 N–H and O–H groups in total. The molecule has 0 atom stereocenters. The molecule has 0 aliphatic heterocycles. The number of halogens is 4. The number of guanidine groups is 1. The van der Waals surface area contributed by atoms with Crippen LogP contribution in [-0.4, -0.2) is 19.6 Å². The minimum Gasteiger partial charge on any atom is -0.434 e. The zero-order valence-corrected chi connectivity index (χ0v) is 16.8. The van der Waals surface area contributed by atoms with Gasteiger partial charge in [0.05, 0.1) is 0 Å². The molecule has 26 heavy (non-hydrogen) atoms. The molecule has 8 heteroatoms. The maximum atomic E-state index is 13.3. The Hall–Kier alpha value is -1.97. The smallest absolute Gasteiger partial charge is 0.387 e. The average molecular weight is 479 g/mol. The standard InChI is InChI=1S/C18H20F3N3O.HI/c1-12-9-13(7-8-15(12)19)10-23-18(22-2)24-11-14-5-3-4-6-16(14)25-17(20)21;/h3-9,17H,10-11H2,1-2H3,(H2,22,23,24);1H. The molecule has 0 spiro atoms. The summed E-state index contributed by atoms with van der Waals surface area (Å²) in [6.07, 6.45) is 0. The number of ether oxygens (including phenoxy) is 1. The van der Waals surface area contributed by atoms with E-state index in [-0.39, 0.29) is 42.1 Å². The Balaban J connectivity index is 0.00000338. The van der Waals surface area contributed by atoms with E-state index in [1.165, 1.54) is 12.1 Å². The van der Waals surface area contributed by atoms with Gasteiger partial charge in [-0.3, -0.25) is 4.99 Å². The molecule has 2 aromatic carbocycles. The van der Waals surface area contributed by atoms with Crippen molar-refractivity contribution in [2.24, 2.45) is 4.99 Å². The Morgan fingerprint density at radius 1 is 1.12 bits per heavy atom. The second-order valence-electron chi connectivity index (χ2n) is 5.35. The van der Waals surface area contributed by atoms with Gasteiger partial charge in [-0.1, -0.05) is 30.3 Å². The summed E-state index contributed by atoms with van der Waals surface area (Å²) in [5, 5.41) is 6.13. The van der Waals surface area contributed by atoms with E-state index in [1.807, 2.05) is 0 Å². The lowest BCUT2D eigenvalue weighted by molar-refractivity contribution is -0.0504. The number of hydrogen-bond acceptors (Lipinski definition) is 2. The van der Waals surface area contributed by atoms with E-state index in [0.717, 1.165) is 5.56 Å². The first-order valence-corrected chi connectivity index (χ1v) is 7.72. The van der Waals surface area contributed by atoms with Crippen LogP contribution in [0.2, 0.25) is 0 Å². The zero-order valence-electron chi connectivity index (χ0n) is 14.4. The van der Waals surface area contributed by atoms with Gasteiger partial charge in [0, 0.05) is 25.7 Å². The van der Waals surface area contributed by atoms with Crippen molar-refractivity contribution in [1.82, 2.24) is 10.6 Å². The Morgan fingerprint density at radius 3 is 2.46 bits per heavy atom. The number of hydrogen-bond donors (Lipinski definition) is 2. The van der Waals surface area contributed by atoms with Crippen LogP contribution in [-0.2, 0) is 13.1 Å². The quantitative estimate of drug-likeness (QED) is 0.371. The summed E-state index contributed by atoms with van der Waals surface area (Å²) in [5.41, 5.74) is 2.06. The molecule has 142 valence electrons. The normalized spacial score (nSPS) is 11.1. The van der Waals surface area contributed by atoms with E-state index in [9.17, 15) is 13.2 Å². The predicted octanol–water partition coefficient (Wildman–Crippen LogP) is 4.22. The molecule has 0 unspecified atom stereocenters. The van der Waals surface area contributed by atoms with Crippen molar-refractivity contribution in [3.05, 3.63) is 65.0 Å². The molecular weight excluding hydrogens is 458 g/mol. The van der Waals surface area contributed by atoms with Gasteiger partial charge in [-0.25, -0.2) is 4.39 Å². The highest BCUT2D eigenvalue weighted by molar-refractivity contribution is 14.0. The molecule has 0 saturated carbocycles. The molecule has 0 aliphatic rings. The first-order valence-electron chi connectivity index (χ1n) is 7.72. The SMILES string of the molecule is CN=C(NCc1ccc(F)c(C)c1)NCc1ccccc1OC(F)F.I. The molecule has 4 nitrogen and oxygen atoms in total. The van der Waals surface area contributed by atoms with E-state index in [0.29, 0.717) is 23.6 Å². The van der Waals surface area contributed by atoms with E-state index >= 15 is 0 Å². The van der Waals surface area contributed by atoms with Gasteiger partial charge in [0.2, 0.25) is 0 Å². The lowest BCUT2D eigenvalue weighted by atomic mass is 10.1. The lowest BCUT2D eigenvalue weighted by Crippen LogP contribution is -2.36. The van der Waals surface area contributed by atoms with Gasteiger partial charge in [-0.15, -0.1) is 24.0 Å². The van der Waals surface area contributed by atoms with Crippen molar-refractivity contribution >= 4 is 29.9 Å². The highest BCUT2D eigenvalue weighted by atomic mass is 127. The Kier molecular flexibility index (Phi) is 9.25. The average Bonchev–Trinajstić information content (AvgIpc) is 2.59. The van der Waals surface area contributed by atoms with Crippen LogP contribution in [0.4, 0.5) is 13.2 Å². The van der Waals surface area contributed by atoms with Crippen molar-refractivity contribution in [2.75, 3.05) is 7.05 Å². The van der Waals surface area contributed by atoms with Crippen LogP contribution < -0.4 is 15.4 Å². The molecule has 0 bridgehead atoms. The number of aliphatic imine (C=N–C) groups is 1. The topological polar surface area (TPSA) is 45.7 Å². The van der Waals surface area contributed by atoms with E-state index in [4.69, 9.17) is 0 Å². The van der Waals surface area contributed by atoms with Gasteiger partial charge in [0.15, 0.2) is 5.96 Å². The van der Waals surface area contributed by atoms with Crippen molar-refractivity contribution < 1.29 is 17.9 Å². The molecule has 0 saturated heterocycles. The van der Waals surface area contributed by atoms with Crippen LogP contribution in [0.15, 0.2) is 47.5 Å². The van der Waals surface area contributed by atoms with Gasteiger partial charge in [0.25, 0.3) is 0 Å². The maximum absolute atomic E-state index is 13.3. The second kappa shape index (κ2) is 10.9. The van der Waals surface area contributed by atoms with Crippen LogP contribution >= 0.6 is 24.0 Å².